The fourth-order valence-electron chi connectivity index (χ4n) is 2.27. The monoisotopic (exact) mass is 310 g/mol. The number of halogens is 1. The van der Waals surface area contributed by atoms with Gasteiger partial charge in [-0.2, -0.15) is 0 Å². The number of benzene rings is 1. The van der Waals surface area contributed by atoms with Gasteiger partial charge in [0.25, 0.3) is 0 Å². The van der Waals surface area contributed by atoms with E-state index in [1.165, 1.54) is 0 Å². The van der Waals surface area contributed by atoms with Gasteiger partial charge in [-0.05, 0) is 30.4 Å². The molecular formula is C16H21ClNO3-. The average Bonchev–Trinajstić information content (AvgIpc) is 2.38. The summed E-state index contributed by atoms with van der Waals surface area (Å²) in [5.41, 5.74) is 0.533. The molecule has 1 aromatic carbocycles. The quantitative estimate of drug-likeness (QED) is 0.842. The van der Waals surface area contributed by atoms with E-state index >= 15 is 0 Å². The number of carbonyl (C=O) groups excluding carboxylic acids is 2. The third kappa shape index (κ3) is 5.76. The van der Waals surface area contributed by atoms with Crippen LogP contribution in [0.3, 0.4) is 0 Å². The lowest BCUT2D eigenvalue weighted by molar-refractivity contribution is -0.313. The highest BCUT2D eigenvalue weighted by atomic mass is 35.5. The number of carboxylic acids is 1. The van der Waals surface area contributed by atoms with E-state index < -0.39 is 11.9 Å². The van der Waals surface area contributed by atoms with E-state index in [9.17, 15) is 14.7 Å². The second-order valence-electron chi connectivity index (χ2n) is 5.76. The van der Waals surface area contributed by atoms with E-state index in [1.807, 2.05) is 13.8 Å². The Morgan fingerprint density at radius 1 is 1.24 bits per heavy atom. The van der Waals surface area contributed by atoms with Crippen LogP contribution in [0.2, 0.25) is 5.02 Å². The lowest BCUT2D eigenvalue weighted by Crippen LogP contribution is -2.37. The first kappa shape index (κ1) is 17.5. The Kier molecular flexibility index (Phi) is 6.69. The van der Waals surface area contributed by atoms with E-state index in [0.29, 0.717) is 17.1 Å². The van der Waals surface area contributed by atoms with Gasteiger partial charge in [0.1, 0.15) is 0 Å². The van der Waals surface area contributed by atoms with Crippen LogP contribution in [-0.2, 0) is 9.59 Å². The molecule has 0 heterocycles. The molecule has 0 aliphatic rings. The Hall–Kier alpha value is -1.55. The summed E-state index contributed by atoms with van der Waals surface area (Å²) in [4.78, 5) is 23.2. The number of para-hydroxylation sites is 1. The van der Waals surface area contributed by atoms with Crippen molar-refractivity contribution in [3.8, 4) is 0 Å². The number of carbonyl (C=O) groups is 2. The highest BCUT2D eigenvalue weighted by Crippen LogP contribution is 2.25. The third-order valence-electron chi connectivity index (χ3n) is 3.37. The number of hydrogen-bond acceptors (Lipinski definition) is 3. The number of hydrogen-bond donors (Lipinski definition) is 1. The van der Waals surface area contributed by atoms with Gasteiger partial charge in [0.2, 0.25) is 5.91 Å². The molecule has 0 aromatic heterocycles. The molecule has 0 radical (unpaired) electrons. The van der Waals surface area contributed by atoms with Crippen molar-refractivity contribution in [3.05, 3.63) is 29.3 Å². The summed E-state index contributed by atoms with van der Waals surface area (Å²) in [6.45, 7) is 5.66. The molecule has 4 nitrogen and oxygen atoms in total. The molecule has 0 bridgehead atoms. The van der Waals surface area contributed by atoms with Crippen LogP contribution in [-0.4, -0.2) is 11.9 Å². The number of carboxylic acid groups (broad SMARTS) is 1. The molecule has 2 unspecified atom stereocenters. The SMILES string of the molecule is CC(C)CC(C(=O)[O-])C(C)CC(=O)Nc1ccccc1Cl. The highest BCUT2D eigenvalue weighted by molar-refractivity contribution is 6.33. The molecule has 1 aromatic rings. The van der Waals surface area contributed by atoms with E-state index in [0.717, 1.165) is 0 Å². The molecule has 0 aliphatic heterocycles. The van der Waals surface area contributed by atoms with Gasteiger partial charge in [0.05, 0.1) is 10.7 Å². The first-order valence-electron chi connectivity index (χ1n) is 7.06. The average molecular weight is 311 g/mol. The molecule has 0 fully saturated rings. The number of anilines is 1. The summed E-state index contributed by atoms with van der Waals surface area (Å²) in [7, 11) is 0. The van der Waals surface area contributed by atoms with Crippen molar-refractivity contribution < 1.29 is 14.7 Å². The Labute approximate surface area is 130 Å². The van der Waals surface area contributed by atoms with Crippen LogP contribution in [0.1, 0.15) is 33.6 Å². The van der Waals surface area contributed by atoms with Crippen molar-refractivity contribution in [2.45, 2.75) is 33.6 Å². The number of amides is 1. The molecule has 116 valence electrons. The standard InChI is InChI=1S/C16H22ClNO3/c1-10(2)8-12(16(20)21)11(3)9-15(19)18-14-7-5-4-6-13(14)17/h4-7,10-12H,8-9H2,1-3H3,(H,18,19)(H,20,21)/p-1. The first-order valence-corrected chi connectivity index (χ1v) is 7.44. The van der Waals surface area contributed by atoms with Crippen molar-refractivity contribution in [1.29, 1.82) is 0 Å². The predicted octanol–water partition coefficient (Wildman–Crippen LogP) is 2.72. The van der Waals surface area contributed by atoms with E-state index in [4.69, 9.17) is 11.6 Å². The molecular weight excluding hydrogens is 290 g/mol. The van der Waals surface area contributed by atoms with E-state index in [1.54, 1.807) is 31.2 Å². The Bertz CT molecular complexity index is 502. The lowest BCUT2D eigenvalue weighted by Gasteiger charge is -2.26. The fraction of sp³-hybridized carbons (Fsp3) is 0.500. The molecule has 0 saturated heterocycles. The molecule has 1 N–H and O–H groups in total. The maximum absolute atomic E-state index is 12.0. The molecule has 2 atom stereocenters. The molecule has 1 rings (SSSR count). The fourth-order valence-corrected chi connectivity index (χ4v) is 2.45. The Balaban J connectivity index is 2.64. The van der Waals surface area contributed by atoms with Gasteiger partial charge in [-0.15, -0.1) is 0 Å². The van der Waals surface area contributed by atoms with Crippen molar-refractivity contribution in [3.63, 3.8) is 0 Å². The largest absolute Gasteiger partial charge is 0.550 e. The van der Waals surface area contributed by atoms with Crippen LogP contribution in [0.25, 0.3) is 0 Å². The van der Waals surface area contributed by atoms with Gasteiger partial charge in [-0.3, -0.25) is 4.79 Å². The van der Waals surface area contributed by atoms with Crippen LogP contribution >= 0.6 is 11.6 Å². The smallest absolute Gasteiger partial charge is 0.224 e. The minimum absolute atomic E-state index is 0.122. The van der Waals surface area contributed by atoms with Gasteiger partial charge in [0, 0.05) is 18.3 Å². The van der Waals surface area contributed by atoms with Gasteiger partial charge in [0.15, 0.2) is 0 Å². The number of rotatable bonds is 7. The summed E-state index contributed by atoms with van der Waals surface area (Å²) < 4.78 is 0. The van der Waals surface area contributed by atoms with Crippen LogP contribution in [0, 0.1) is 17.8 Å². The normalized spacial score (nSPS) is 13.8. The van der Waals surface area contributed by atoms with Crippen LogP contribution in [0.5, 0.6) is 0 Å². The molecule has 5 heteroatoms. The van der Waals surface area contributed by atoms with E-state index in [-0.39, 0.29) is 24.2 Å². The zero-order valence-electron chi connectivity index (χ0n) is 12.6. The van der Waals surface area contributed by atoms with Crippen molar-refractivity contribution >= 4 is 29.2 Å². The molecule has 0 aliphatic carbocycles. The molecule has 0 spiro atoms. The second-order valence-corrected chi connectivity index (χ2v) is 6.17. The maximum Gasteiger partial charge on any atom is 0.224 e. The second kappa shape index (κ2) is 8.03. The lowest BCUT2D eigenvalue weighted by atomic mass is 9.84. The summed E-state index contributed by atoms with van der Waals surface area (Å²) in [5.74, 6) is -2.02. The van der Waals surface area contributed by atoms with Gasteiger partial charge in [-0.1, -0.05) is 44.5 Å². The minimum atomic E-state index is -1.10. The maximum atomic E-state index is 12.0. The van der Waals surface area contributed by atoms with Gasteiger partial charge >= 0.3 is 0 Å². The van der Waals surface area contributed by atoms with Crippen LogP contribution in [0.15, 0.2) is 24.3 Å². The summed E-state index contributed by atoms with van der Waals surface area (Å²) in [6, 6.07) is 6.93. The zero-order chi connectivity index (χ0) is 16.0. The van der Waals surface area contributed by atoms with Crippen molar-refractivity contribution in [1.82, 2.24) is 0 Å². The zero-order valence-corrected chi connectivity index (χ0v) is 13.3. The van der Waals surface area contributed by atoms with Crippen LogP contribution in [0.4, 0.5) is 5.69 Å². The Morgan fingerprint density at radius 3 is 2.38 bits per heavy atom. The molecule has 0 saturated carbocycles. The first-order chi connectivity index (χ1) is 9.81. The number of aliphatic carboxylic acids is 1. The predicted molar refractivity (Wildman–Crippen MR) is 81.8 cm³/mol. The molecule has 1 amide bonds. The molecule has 21 heavy (non-hydrogen) atoms. The van der Waals surface area contributed by atoms with Gasteiger partial charge in [-0.25, -0.2) is 0 Å². The summed E-state index contributed by atoms with van der Waals surface area (Å²) in [6.07, 6.45) is 0.624. The number of nitrogens with one attached hydrogen (secondary N) is 1. The minimum Gasteiger partial charge on any atom is -0.550 e. The van der Waals surface area contributed by atoms with Crippen molar-refractivity contribution in [2.75, 3.05) is 5.32 Å². The van der Waals surface area contributed by atoms with Crippen LogP contribution < -0.4 is 10.4 Å². The topological polar surface area (TPSA) is 69.2 Å². The summed E-state index contributed by atoms with van der Waals surface area (Å²) in [5, 5.41) is 14.4. The highest BCUT2D eigenvalue weighted by Gasteiger charge is 2.22. The third-order valence-corrected chi connectivity index (χ3v) is 3.70. The van der Waals surface area contributed by atoms with Crippen molar-refractivity contribution in [2.24, 2.45) is 17.8 Å². The Morgan fingerprint density at radius 2 is 1.86 bits per heavy atom. The van der Waals surface area contributed by atoms with Gasteiger partial charge < -0.3 is 15.2 Å². The van der Waals surface area contributed by atoms with E-state index in [2.05, 4.69) is 5.32 Å². The summed E-state index contributed by atoms with van der Waals surface area (Å²) >= 11 is 5.97.